The van der Waals surface area contributed by atoms with Crippen LogP contribution in [0.2, 0.25) is 0 Å². The number of nitrogens with zero attached hydrogens (tertiary/aromatic N) is 1. The molecule has 0 saturated carbocycles. The van der Waals surface area contributed by atoms with Crippen LogP contribution in [-0.4, -0.2) is 11.5 Å². The SMILES string of the molecule is CCNC(C)c1sc(-c2cscc2C)nc1C. The summed E-state index contributed by atoms with van der Waals surface area (Å²) in [5.74, 6) is 0. The first-order chi connectivity index (χ1) is 8.13. The third kappa shape index (κ3) is 2.59. The molecule has 0 aromatic carbocycles. The van der Waals surface area contributed by atoms with Crippen LogP contribution in [0.5, 0.6) is 0 Å². The van der Waals surface area contributed by atoms with Crippen molar-refractivity contribution < 1.29 is 0 Å². The fourth-order valence-electron chi connectivity index (χ4n) is 1.90. The highest BCUT2D eigenvalue weighted by molar-refractivity contribution is 7.15. The Balaban J connectivity index is 2.34. The molecule has 0 aliphatic heterocycles. The van der Waals surface area contributed by atoms with Gasteiger partial charge in [0, 0.05) is 21.9 Å². The third-order valence-corrected chi connectivity index (χ3v) is 5.06. The van der Waals surface area contributed by atoms with E-state index in [2.05, 4.69) is 43.8 Å². The molecule has 2 aromatic heterocycles. The second-order valence-electron chi connectivity index (χ2n) is 4.22. The summed E-state index contributed by atoms with van der Waals surface area (Å²) in [6.07, 6.45) is 0. The summed E-state index contributed by atoms with van der Waals surface area (Å²) in [4.78, 5) is 6.06. The molecule has 1 atom stereocenters. The number of nitrogens with one attached hydrogen (secondary N) is 1. The van der Waals surface area contributed by atoms with Crippen molar-refractivity contribution >= 4 is 22.7 Å². The van der Waals surface area contributed by atoms with Gasteiger partial charge in [0.1, 0.15) is 5.01 Å². The van der Waals surface area contributed by atoms with E-state index in [-0.39, 0.29) is 0 Å². The Hall–Kier alpha value is -0.710. The average molecular weight is 266 g/mol. The minimum absolute atomic E-state index is 0.394. The zero-order valence-electron chi connectivity index (χ0n) is 10.7. The van der Waals surface area contributed by atoms with Crippen LogP contribution in [-0.2, 0) is 0 Å². The van der Waals surface area contributed by atoms with Crippen LogP contribution in [0.1, 0.15) is 36.0 Å². The topological polar surface area (TPSA) is 24.9 Å². The Bertz CT molecular complexity index is 499. The van der Waals surface area contributed by atoms with Gasteiger partial charge in [-0.15, -0.1) is 11.3 Å². The smallest absolute Gasteiger partial charge is 0.125 e. The second kappa shape index (κ2) is 5.29. The minimum Gasteiger partial charge on any atom is -0.310 e. The van der Waals surface area contributed by atoms with Gasteiger partial charge in [0.15, 0.2) is 0 Å². The summed E-state index contributed by atoms with van der Waals surface area (Å²) in [6, 6.07) is 0.394. The molecule has 4 heteroatoms. The standard InChI is InChI=1S/C13H18N2S2/c1-5-14-9(3)12-10(4)15-13(17-12)11-7-16-6-8(11)2/h6-7,9,14H,5H2,1-4H3. The molecule has 0 radical (unpaired) electrons. The lowest BCUT2D eigenvalue weighted by atomic mass is 10.2. The van der Waals surface area contributed by atoms with E-state index < -0.39 is 0 Å². The Morgan fingerprint density at radius 1 is 1.35 bits per heavy atom. The molecule has 0 aliphatic rings. The van der Waals surface area contributed by atoms with Crippen LogP contribution in [0, 0.1) is 13.8 Å². The molecule has 2 rings (SSSR count). The lowest BCUT2D eigenvalue weighted by Gasteiger charge is -2.09. The summed E-state index contributed by atoms with van der Waals surface area (Å²) in [7, 11) is 0. The minimum atomic E-state index is 0.394. The molecule has 0 saturated heterocycles. The molecular formula is C13H18N2S2. The predicted octanol–water partition coefficient (Wildman–Crippen LogP) is 4.16. The second-order valence-corrected chi connectivity index (χ2v) is 5.99. The number of thiophene rings is 1. The van der Waals surface area contributed by atoms with Crippen molar-refractivity contribution in [3.63, 3.8) is 0 Å². The first kappa shape index (κ1) is 12.7. The summed E-state index contributed by atoms with van der Waals surface area (Å²) >= 11 is 3.56. The monoisotopic (exact) mass is 266 g/mol. The number of hydrogen-bond donors (Lipinski definition) is 1. The van der Waals surface area contributed by atoms with Gasteiger partial charge in [0.2, 0.25) is 0 Å². The fourth-order valence-corrected chi connectivity index (χ4v) is 3.99. The Kier molecular flexibility index (Phi) is 3.97. The van der Waals surface area contributed by atoms with Gasteiger partial charge in [-0.1, -0.05) is 6.92 Å². The maximum Gasteiger partial charge on any atom is 0.125 e. The summed E-state index contributed by atoms with van der Waals surface area (Å²) < 4.78 is 0. The van der Waals surface area contributed by atoms with E-state index >= 15 is 0 Å². The normalized spacial score (nSPS) is 12.9. The molecule has 1 unspecified atom stereocenters. The fraction of sp³-hybridized carbons (Fsp3) is 0.462. The van der Waals surface area contributed by atoms with E-state index in [1.807, 2.05) is 11.3 Å². The third-order valence-electron chi connectivity index (χ3n) is 2.82. The van der Waals surface area contributed by atoms with Gasteiger partial charge >= 0.3 is 0 Å². The number of thiazole rings is 1. The molecule has 92 valence electrons. The van der Waals surface area contributed by atoms with E-state index in [9.17, 15) is 0 Å². The maximum atomic E-state index is 4.70. The quantitative estimate of drug-likeness (QED) is 0.899. The Labute approximate surface area is 111 Å². The van der Waals surface area contributed by atoms with Crippen molar-refractivity contribution in [1.82, 2.24) is 10.3 Å². The predicted molar refractivity (Wildman–Crippen MR) is 77.0 cm³/mol. The summed E-state index contributed by atoms with van der Waals surface area (Å²) in [5.41, 5.74) is 3.77. The van der Waals surface area contributed by atoms with Gasteiger partial charge in [0.25, 0.3) is 0 Å². The van der Waals surface area contributed by atoms with Gasteiger partial charge in [0.05, 0.1) is 5.69 Å². The first-order valence-corrected chi connectivity index (χ1v) is 7.63. The van der Waals surface area contributed by atoms with Gasteiger partial charge in [-0.25, -0.2) is 4.98 Å². The van der Waals surface area contributed by atoms with Crippen LogP contribution in [0.4, 0.5) is 0 Å². The van der Waals surface area contributed by atoms with Crippen molar-refractivity contribution in [3.05, 3.63) is 26.9 Å². The molecule has 0 bridgehead atoms. The van der Waals surface area contributed by atoms with E-state index in [1.54, 1.807) is 11.3 Å². The molecule has 0 amide bonds. The first-order valence-electron chi connectivity index (χ1n) is 5.87. The number of aryl methyl sites for hydroxylation is 2. The van der Waals surface area contributed by atoms with Crippen molar-refractivity contribution in [2.75, 3.05) is 6.54 Å². The Morgan fingerprint density at radius 3 is 2.71 bits per heavy atom. The van der Waals surface area contributed by atoms with Crippen LogP contribution >= 0.6 is 22.7 Å². The van der Waals surface area contributed by atoms with E-state index in [0.29, 0.717) is 6.04 Å². The van der Waals surface area contributed by atoms with Gasteiger partial charge in [-0.3, -0.25) is 0 Å². The largest absolute Gasteiger partial charge is 0.310 e. The van der Waals surface area contributed by atoms with Gasteiger partial charge in [-0.2, -0.15) is 11.3 Å². The molecule has 2 heterocycles. The molecule has 2 aromatic rings. The number of aromatic nitrogens is 1. The van der Waals surface area contributed by atoms with E-state index in [1.165, 1.54) is 16.0 Å². The van der Waals surface area contributed by atoms with Crippen LogP contribution in [0.15, 0.2) is 10.8 Å². The molecule has 0 aliphatic carbocycles. The summed E-state index contributed by atoms with van der Waals surface area (Å²) in [5, 5.41) is 8.97. The molecule has 0 fully saturated rings. The van der Waals surface area contributed by atoms with E-state index in [0.717, 1.165) is 17.2 Å². The van der Waals surface area contributed by atoms with Crippen molar-refractivity contribution in [3.8, 4) is 10.6 Å². The molecule has 1 N–H and O–H groups in total. The zero-order chi connectivity index (χ0) is 12.4. The molecule has 0 spiro atoms. The van der Waals surface area contributed by atoms with Crippen LogP contribution in [0.3, 0.4) is 0 Å². The highest BCUT2D eigenvalue weighted by Gasteiger charge is 2.15. The van der Waals surface area contributed by atoms with Crippen molar-refractivity contribution in [1.29, 1.82) is 0 Å². The number of hydrogen-bond acceptors (Lipinski definition) is 4. The lowest BCUT2D eigenvalue weighted by molar-refractivity contribution is 0.603. The van der Waals surface area contributed by atoms with Crippen molar-refractivity contribution in [2.24, 2.45) is 0 Å². The maximum absolute atomic E-state index is 4.70. The van der Waals surface area contributed by atoms with Crippen LogP contribution in [0.25, 0.3) is 10.6 Å². The highest BCUT2D eigenvalue weighted by atomic mass is 32.1. The molecule has 2 nitrogen and oxygen atoms in total. The Morgan fingerprint density at radius 2 is 2.12 bits per heavy atom. The summed E-state index contributed by atoms with van der Waals surface area (Å²) in [6.45, 7) is 9.58. The average Bonchev–Trinajstić information content (AvgIpc) is 2.84. The lowest BCUT2D eigenvalue weighted by Crippen LogP contribution is -2.17. The number of rotatable bonds is 4. The zero-order valence-corrected chi connectivity index (χ0v) is 12.3. The van der Waals surface area contributed by atoms with Gasteiger partial charge < -0.3 is 5.32 Å². The molecular weight excluding hydrogens is 248 g/mol. The van der Waals surface area contributed by atoms with Gasteiger partial charge in [-0.05, 0) is 38.3 Å². The van der Waals surface area contributed by atoms with Crippen molar-refractivity contribution in [2.45, 2.75) is 33.7 Å². The highest BCUT2D eigenvalue weighted by Crippen LogP contribution is 2.34. The van der Waals surface area contributed by atoms with Crippen LogP contribution < -0.4 is 5.32 Å². The molecule has 17 heavy (non-hydrogen) atoms. The van der Waals surface area contributed by atoms with E-state index in [4.69, 9.17) is 4.98 Å².